The number of nitrogens with one attached hydrogen (secondary N) is 1. The topological polar surface area (TPSA) is 68.9 Å². The van der Waals surface area contributed by atoms with Gasteiger partial charge < -0.3 is 5.32 Å². The van der Waals surface area contributed by atoms with Crippen LogP contribution >= 0.6 is 0 Å². The summed E-state index contributed by atoms with van der Waals surface area (Å²) in [5.41, 5.74) is 0.0454. The maximum absolute atomic E-state index is 13.2. The summed E-state index contributed by atoms with van der Waals surface area (Å²) in [4.78, 5) is 25.7. The van der Waals surface area contributed by atoms with E-state index in [1.807, 2.05) is 13.8 Å². The molecule has 31 heavy (non-hydrogen) atoms. The van der Waals surface area contributed by atoms with Crippen molar-refractivity contribution in [3.63, 3.8) is 0 Å². The third-order valence-electron chi connectivity index (χ3n) is 4.90. The summed E-state index contributed by atoms with van der Waals surface area (Å²) in [5.74, 6) is -0.263. The minimum absolute atomic E-state index is 0.0530. The van der Waals surface area contributed by atoms with Crippen LogP contribution in [0.1, 0.15) is 29.8 Å². The van der Waals surface area contributed by atoms with Crippen molar-refractivity contribution in [2.45, 2.75) is 26.1 Å². The van der Waals surface area contributed by atoms with Gasteiger partial charge in [-0.1, -0.05) is 0 Å². The van der Waals surface area contributed by atoms with Crippen LogP contribution in [-0.2, 0) is 13.2 Å². The monoisotopic (exact) mass is 428 g/mol. The maximum atomic E-state index is 13.2. The Kier molecular flexibility index (Phi) is 4.83. The van der Waals surface area contributed by atoms with Crippen LogP contribution < -0.4 is 10.9 Å². The van der Waals surface area contributed by atoms with Crippen LogP contribution in [-0.4, -0.2) is 26.3 Å². The lowest BCUT2D eigenvalue weighted by molar-refractivity contribution is -0.137. The highest BCUT2D eigenvalue weighted by molar-refractivity contribution is 6.08. The molecule has 0 saturated heterocycles. The molecule has 6 nitrogen and oxygen atoms in total. The first-order valence-corrected chi connectivity index (χ1v) is 9.57. The Hall–Kier alpha value is -3.62. The Morgan fingerprint density at radius 1 is 1.06 bits per heavy atom. The van der Waals surface area contributed by atoms with E-state index in [0.29, 0.717) is 21.9 Å². The number of aromatic nitrogens is 3. The van der Waals surface area contributed by atoms with E-state index in [9.17, 15) is 22.8 Å². The molecule has 1 amide bonds. The number of benzene rings is 2. The number of halogens is 3. The number of carbonyl (C=O) groups excluding carboxylic acids is 1. The predicted octanol–water partition coefficient (Wildman–Crippen LogP) is 4.03. The molecule has 2 aromatic carbocycles. The van der Waals surface area contributed by atoms with Gasteiger partial charge in [0.25, 0.3) is 11.5 Å². The zero-order valence-electron chi connectivity index (χ0n) is 17.0. The van der Waals surface area contributed by atoms with Gasteiger partial charge in [0.15, 0.2) is 5.52 Å². The lowest BCUT2D eigenvalue weighted by atomic mass is 10.1. The van der Waals surface area contributed by atoms with E-state index in [1.165, 1.54) is 21.4 Å². The molecule has 0 spiro atoms. The fraction of sp³-hybridized carbons (Fsp3) is 0.227. The first-order valence-electron chi connectivity index (χ1n) is 9.57. The van der Waals surface area contributed by atoms with E-state index >= 15 is 0 Å². The summed E-state index contributed by atoms with van der Waals surface area (Å²) in [7, 11) is 1.67. The molecule has 0 unspecified atom stereocenters. The lowest BCUT2D eigenvalue weighted by Gasteiger charge is -2.14. The Bertz CT molecular complexity index is 1370. The molecule has 4 rings (SSSR count). The van der Waals surface area contributed by atoms with Crippen molar-refractivity contribution >= 4 is 27.7 Å². The fourth-order valence-corrected chi connectivity index (χ4v) is 3.55. The number of hydrogen-bond acceptors (Lipinski definition) is 3. The van der Waals surface area contributed by atoms with E-state index in [2.05, 4.69) is 10.4 Å². The second kappa shape index (κ2) is 7.26. The summed E-state index contributed by atoms with van der Waals surface area (Å²) in [6.07, 6.45) is -2.80. The van der Waals surface area contributed by atoms with Crippen molar-refractivity contribution < 1.29 is 18.0 Å². The Morgan fingerprint density at radius 2 is 1.74 bits per heavy atom. The van der Waals surface area contributed by atoms with E-state index < -0.39 is 17.3 Å². The number of fused-ring (bicyclic) bond motifs is 3. The van der Waals surface area contributed by atoms with Gasteiger partial charge in [-0.3, -0.25) is 18.8 Å². The molecular weight excluding hydrogens is 409 g/mol. The fourth-order valence-electron chi connectivity index (χ4n) is 3.55. The van der Waals surface area contributed by atoms with Crippen LogP contribution in [0.2, 0.25) is 0 Å². The molecule has 9 heteroatoms. The molecule has 0 saturated carbocycles. The van der Waals surface area contributed by atoms with Crippen LogP contribution in [0.15, 0.2) is 53.5 Å². The van der Waals surface area contributed by atoms with Gasteiger partial charge in [-0.05, 0) is 56.3 Å². The lowest BCUT2D eigenvalue weighted by Crippen LogP contribution is -2.30. The minimum atomic E-state index is -4.48. The van der Waals surface area contributed by atoms with Gasteiger partial charge >= 0.3 is 6.18 Å². The van der Waals surface area contributed by atoms with Gasteiger partial charge in [-0.15, -0.1) is 0 Å². The molecule has 0 fully saturated rings. The van der Waals surface area contributed by atoms with Crippen LogP contribution in [0, 0.1) is 0 Å². The van der Waals surface area contributed by atoms with Crippen molar-refractivity contribution in [3.05, 3.63) is 70.1 Å². The second-order valence-electron chi connectivity index (χ2n) is 7.61. The smallest absolute Gasteiger partial charge is 0.350 e. The van der Waals surface area contributed by atoms with E-state index in [-0.39, 0.29) is 23.2 Å². The van der Waals surface area contributed by atoms with Crippen molar-refractivity contribution in [2.24, 2.45) is 7.05 Å². The van der Waals surface area contributed by atoms with Gasteiger partial charge in [0, 0.05) is 41.3 Å². The molecule has 0 aliphatic heterocycles. The average Bonchev–Trinajstić information content (AvgIpc) is 3.09. The third-order valence-corrected chi connectivity index (χ3v) is 4.90. The van der Waals surface area contributed by atoms with Crippen LogP contribution in [0.3, 0.4) is 0 Å². The van der Waals surface area contributed by atoms with Crippen molar-refractivity contribution in [3.8, 4) is 5.69 Å². The molecule has 0 aliphatic rings. The molecule has 0 bridgehead atoms. The highest BCUT2D eigenvalue weighted by Crippen LogP contribution is 2.31. The molecule has 160 valence electrons. The summed E-state index contributed by atoms with van der Waals surface area (Å²) in [5, 5.41) is 8.21. The maximum Gasteiger partial charge on any atom is 0.416 e. The number of amides is 1. The summed E-state index contributed by atoms with van der Waals surface area (Å²) >= 11 is 0. The van der Waals surface area contributed by atoms with E-state index in [0.717, 1.165) is 12.1 Å². The highest BCUT2D eigenvalue weighted by atomic mass is 19.4. The molecule has 0 aliphatic carbocycles. The predicted molar refractivity (Wildman–Crippen MR) is 111 cm³/mol. The average molecular weight is 428 g/mol. The highest BCUT2D eigenvalue weighted by Gasteiger charge is 2.30. The SMILES string of the molecule is CC(C)NC(=O)c1ccc2c(c1)c1cn(C)nc1c(=O)n2-c1ccc(C(F)(F)F)cc1. The first kappa shape index (κ1) is 20.6. The molecule has 4 aromatic rings. The third kappa shape index (κ3) is 3.67. The Balaban J connectivity index is 1.99. The zero-order valence-corrected chi connectivity index (χ0v) is 17.0. The second-order valence-corrected chi connectivity index (χ2v) is 7.61. The van der Waals surface area contributed by atoms with Crippen molar-refractivity contribution in [1.82, 2.24) is 19.7 Å². The molecule has 2 heterocycles. The Labute approximate surface area is 174 Å². The van der Waals surface area contributed by atoms with Crippen LogP contribution in [0.5, 0.6) is 0 Å². The number of rotatable bonds is 3. The molecule has 1 N–H and O–H groups in total. The van der Waals surface area contributed by atoms with Gasteiger partial charge in [-0.25, -0.2) is 0 Å². The molecule has 0 atom stereocenters. The zero-order chi connectivity index (χ0) is 22.5. The van der Waals surface area contributed by atoms with E-state index in [1.54, 1.807) is 31.4 Å². The number of aryl methyl sites for hydroxylation is 1. The van der Waals surface area contributed by atoms with Crippen LogP contribution in [0.4, 0.5) is 13.2 Å². The summed E-state index contributed by atoms with van der Waals surface area (Å²) < 4.78 is 41.7. The number of nitrogens with zero attached hydrogens (tertiary/aromatic N) is 3. The van der Waals surface area contributed by atoms with Crippen molar-refractivity contribution in [2.75, 3.05) is 0 Å². The number of hydrogen-bond donors (Lipinski definition) is 1. The number of pyridine rings is 1. The van der Waals surface area contributed by atoms with E-state index in [4.69, 9.17) is 0 Å². The number of carbonyl (C=O) groups is 1. The molecule has 0 radical (unpaired) electrons. The normalized spacial score (nSPS) is 12.1. The van der Waals surface area contributed by atoms with Gasteiger partial charge in [-0.2, -0.15) is 18.3 Å². The molecular formula is C22H19F3N4O2. The van der Waals surface area contributed by atoms with Crippen LogP contribution in [0.25, 0.3) is 27.5 Å². The minimum Gasteiger partial charge on any atom is -0.350 e. The first-order chi connectivity index (χ1) is 14.6. The standard InChI is InChI=1S/C22H19F3N4O2/c1-12(2)26-20(30)13-4-9-18-16(10-13)17-11-28(3)27-19(17)21(31)29(18)15-7-5-14(6-8-15)22(23,24)25/h4-12H,1-3H3,(H,26,30). The largest absolute Gasteiger partial charge is 0.416 e. The molecule has 2 aromatic heterocycles. The van der Waals surface area contributed by atoms with Crippen molar-refractivity contribution in [1.29, 1.82) is 0 Å². The number of alkyl halides is 3. The summed E-state index contributed by atoms with van der Waals surface area (Å²) in [6, 6.07) is 9.18. The summed E-state index contributed by atoms with van der Waals surface area (Å²) in [6.45, 7) is 3.70. The van der Waals surface area contributed by atoms with Gasteiger partial charge in [0.05, 0.1) is 11.1 Å². The van der Waals surface area contributed by atoms with Gasteiger partial charge in [0.2, 0.25) is 0 Å². The Morgan fingerprint density at radius 3 is 2.35 bits per heavy atom. The quantitative estimate of drug-likeness (QED) is 0.536. The van der Waals surface area contributed by atoms with Gasteiger partial charge in [0.1, 0.15) is 0 Å².